The fourth-order valence-corrected chi connectivity index (χ4v) is 3.37. The summed E-state index contributed by atoms with van der Waals surface area (Å²) in [5, 5.41) is 0. The lowest BCUT2D eigenvalue weighted by atomic mass is 10.1. The molecule has 1 aliphatic heterocycles. The summed E-state index contributed by atoms with van der Waals surface area (Å²) >= 11 is 6.07. The maximum Gasteiger partial charge on any atom is 0.410 e. The molecule has 1 aromatic heterocycles. The Morgan fingerprint density at radius 2 is 2.12 bits per heavy atom. The van der Waals surface area contributed by atoms with Crippen molar-refractivity contribution in [3.8, 4) is 0 Å². The summed E-state index contributed by atoms with van der Waals surface area (Å²) in [5.74, 6) is 1.66. The van der Waals surface area contributed by atoms with Crippen LogP contribution in [-0.2, 0) is 17.2 Å². The van der Waals surface area contributed by atoms with Crippen LogP contribution < -0.4 is 0 Å². The third kappa shape index (κ3) is 3.66. The molecule has 1 aromatic carbocycles. The van der Waals surface area contributed by atoms with Crippen molar-refractivity contribution in [2.75, 3.05) is 13.1 Å². The van der Waals surface area contributed by atoms with Gasteiger partial charge in [0.15, 0.2) is 0 Å². The number of para-hydroxylation sites is 2. The number of likely N-dealkylation sites (tertiary alicyclic amines) is 1. The first-order chi connectivity index (χ1) is 11.4. The number of fused-ring (bicyclic) bond motifs is 1. The van der Waals surface area contributed by atoms with E-state index >= 15 is 0 Å². The maximum absolute atomic E-state index is 12.2. The van der Waals surface area contributed by atoms with Crippen molar-refractivity contribution >= 4 is 28.7 Å². The molecule has 2 aromatic rings. The minimum absolute atomic E-state index is 0.224. The lowest BCUT2D eigenvalue weighted by Gasteiger charge is -2.24. The topological polar surface area (TPSA) is 47.4 Å². The molecule has 24 heavy (non-hydrogen) atoms. The Labute approximate surface area is 147 Å². The van der Waals surface area contributed by atoms with Crippen LogP contribution in [0.15, 0.2) is 24.3 Å². The van der Waals surface area contributed by atoms with Crippen molar-refractivity contribution in [3.05, 3.63) is 30.1 Å². The summed E-state index contributed by atoms with van der Waals surface area (Å²) in [6, 6.07) is 8.07. The number of aromatic nitrogens is 2. The summed E-state index contributed by atoms with van der Waals surface area (Å²) < 4.78 is 7.65. The van der Waals surface area contributed by atoms with Crippen LogP contribution in [0, 0.1) is 5.92 Å². The van der Waals surface area contributed by atoms with Crippen molar-refractivity contribution < 1.29 is 9.53 Å². The van der Waals surface area contributed by atoms with E-state index in [1.165, 1.54) is 0 Å². The quantitative estimate of drug-likeness (QED) is 0.786. The number of hydrogen-bond acceptors (Lipinski definition) is 3. The van der Waals surface area contributed by atoms with Crippen LogP contribution >= 0.6 is 11.6 Å². The zero-order valence-corrected chi connectivity index (χ0v) is 15.2. The Hall–Kier alpha value is -1.75. The number of carbonyl (C=O) groups is 1. The second-order valence-corrected chi connectivity index (χ2v) is 7.61. The monoisotopic (exact) mass is 349 g/mol. The molecule has 1 saturated heterocycles. The highest BCUT2D eigenvalue weighted by molar-refractivity contribution is 6.16. The molecule has 6 heteroatoms. The zero-order chi connectivity index (χ0) is 17.3. The molecule has 0 radical (unpaired) electrons. The van der Waals surface area contributed by atoms with Gasteiger partial charge in [0.1, 0.15) is 11.4 Å². The third-order valence-corrected chi connectivity index (χ3v) is 4.47. The average molecular weight is 350 g/mol. The lowest BCUT2D eigenvalue weighted by Crippen LogP contribution is -2.35. The van der Waals surface area contributed by atoms with E-state index in [-0.39, 0.29) is 6.09 Å². The van der Waals surface area contributed by atoms with Crippen molar-refractivity contribution in [1.29, 1.82) is 0 Å². The third-order valence-electron chi connectivity index (χ3n) is 4.23. The van der Waals surface area contributed by atoms with Gasteiger partial charge in [0.25, 0.3) is 0 Å². The molecule has 0 unspecified atom stereocenters. The second kappa shape index (κ2) is 6.63. The molecule has 2 heterocycles. The Kier molecular flexibility index (Phi) is 4.72. The van der Waals surface area contributed by atoms with E-state index in [1.807, 2.05) is 39.0 Å². The summed E-state index contributed by atoms with van der Waals surface area (Å²) in [7, 11) is 0. The molecule has 130 valence electrons. The second-order valence-electron chi connectivity index (χ2n) is 7.34. The van der Waals surface area contributed by atoms with Gasteiger partial charge in [-0.05, 0) is 45.2 Å². The predicted molar refractivity (Wildman–Crippen MR) is 95.2 cm³/mol. The van der Waals surface area contributed by atoms with E-state index < -0.39 is 5.60 Å². The number of alkyl halides is 1. The number of carbonyl (C=O) groups excluding carboxylic acids is 1. The number of benzene rings is 1. The zero-order valence-electron chi connectivity index (χ0n) is 14.5. The Bertz CT molecular complexity index is 735. The normalized spacial score (nSPS) is 18.3. The number of rotatable bonds is 3. The smallest absolute Gasteiger partial charge is 0.410 e. The molecule has 1 amide bonds. The minimum Gasteiger partial charge on any atom is -0.444 e. The molecule has 0 aliphatic carbocycles. The number of imidazole rings is 1. The highest BCUT2D eigenvalue weighted by Crippen LogP contribution is 2.24. The molecule has 0 spiro atoms. The SMILES string of the molecule is CC(C)(C)OC(=O)N1CC[C@H](Cn2c(CCl)nc3ccccc32)C1. The molecule has 0 N–H and O–H groups in total. The Morgan fingerprint density at radius 3 is 2.83 bits per heavy atom. The number of halogens is 1. The summed E-state index contributed by atoms with van der Waals surface area (Å²) in [6.45, 7) is 7.95. The number of ether oxygens (including phenoxy) is 1. The molecule has 3 rings (SSSR count). The van der Waals surface area contributed by atoms with E-state index in [9.17, 15) is 4.79 Å². The predicted octanol–water partition coefficient (Wildman–Crippen LogP) is 4.03. The molecule has 1 fully saturated rings. The first kappa shape index (κ1) is 17.1. The summed E-state index contributed by atoms with van der Waals surface area (Å²) in [5.41, 5.74) is 1.61. The van der Waals surface area contributed by atoms with Crippen molar-refractivity contribution in [3.63, 3.8) is 0 Å². The first-order valence-corrected chi connectivity index (χ1v) is 8.89. The lowest BCUT2D eigenvalue weighted by molar-refractivity contribution is 0.0287. The van der Waals surface area contributed by atoms with Gasteiger partial charge in [-0.15, -0.1) is 11.6 Å². The standard InChI is InChI=1S/C18H24ClN3O2/c1-18(2,3)24-17(23)21-9-8-13(11-21)12-22-15-7-5-4-6-14(15)20-16(22)10-19/h4-7,13H,8-12H2,1-3H3/t13-/m0/s1. The van der Waals surface area contributed by atoms with Gasteiger partial charge in [-0.2, -0.15) is 0 Å². The van der Waals surface area contributed by atoms with Gasteiger partial charge in [0.2, 0.25) is 0 Å². The first-order valence-electron chi connectivity index (χ1n) is 8.35. The van der Waals surface area contributed by atoms with Crippen LogP contribution in [0.25, 0.3) is 11.0 Å². The number of amides is 1. The summed E-state index contributed by atoms with van der Waals surface area (Å²) in [6.07, 6.45) is 0.742. The fraction of sp³-hybridized carbons (Fsp3) is 0.556. The van der Waals surface area contributed by atoms with Crippen LogP contribution in [0.1, 0.15) is 33.0 Å². The highest BCUT2D eigenvalue weighted by Gasteiger charge is 2.30. The van der Waals surface area contributed by atoms with E-state index in [2.05, 4.69) is 15.6 Å². The molecule has 1 aliphatic rings. The number of hydrogen-bond donors (Lipinski definition) is 0. The van der Waals surface area contributed by atoms with E-state index in [1.54, 1.807) is 4.90 Å². The van der Waals surface area contributed by atoms with E-state index in [4.69, 9.17) is 16.3 Å². The van der Waals surface area contributed by atoms with Gasteiger partial charge in [-0.25, -0.2) is 9.78 Å². The van der Waals surface area contributed by atoms with Crippen molar-refractivity contribution in [1.82, 2.24) is 14.5 Å². The van der Waals surface area contributed by atoms with Crippen LogP contribution in [0.4, 0.5) is 4.79 Å². The van der Waals surface area contributed by atoms with Crippen LogP contribution in [0.5, 0.6) is 0 Å². The molecule has 1 atom stereocenters. The van der Waals surface area contributed by atoms with Gasteiger partial charge in [0.05, 0.1) is 16.9 Å². The Morgan fingerprint density at radius 1 is 1.38 bits per heavy atom. The van der Waals surface area contributed by atoms with Gasteiger partial charge < -0.3 is 14.2 Å². The molecular formula is C18H24ClN3O2. The van der Waals surface area contributed by atoms with Crippen LogP contribution in [-0.4, -0.2) is 39.2 Å². The molecule has 5 nitrogen and oxygen atoms in total. The van der Waals surface area contributed by atoms with Crippen molar-refractivity contribution in [2.45, 2.75) is 45.2 Å². The molecule has 0 bridgehead atoms. The largest absolute Gasteiger partial charge is 0.444 e. The highest BCUT2D eigenvalue weighted by atomic mass is 35.5. The van der Waals surface area contributed by atoms with E-state index in [0.717, 1.165) is 36.4 Å². The van der Waals surface area contributed by atoms with Gasteiger partial charge >= 0.3 is 6.09 Å². The summed E-state index contributed by atoms with van der Waals surface area (Å²) in [4.78, 5) is 18.6. The molecule has 0 saturated carbocycles. The van der Waals surface area contributed by atoms with Gasteiger partial charge in [-0.3, -0.25) is 0 Å². The minimum atomic E-state index is -0.457. The van der Waals surface area contributed by atoms with Gasteiger partial charge in [-0.1, -0.05) is 12.1 Å². The fourth-order valence-electron chi connectivity index (χ4n) is 3.16. The van der Waals surface area contributed by atoms with Crippen molar-refractivity contribution in [2.24, 2.45) is 5.92 Å². The van der Waals surface area contributed by atoms with Crippen LogP contribution in [0.2, 0.25) is 0 Å². The van der Waals surface area contributed by atoms with Crippen LogP contribution in [0.3, 0.4) is 0 Å². The van der Waals surface area contributed by atoms with E-state index in [0.29, 0.717) is 18.3 Å². The molecular weight excluding hydrogens is 326 g/mol. The Balaban J connectivity index is 1.71. The average Bonchev–Trinajstić information content (AvgIpc) is 3.11. The number of nitrogens with zero attached hydrogens (tertiary/aromatic N) is 3. The van der Waals surface area contributed by atoms with Gasteiger partial charge in [0, 0.05) is 19.6 Å². The maximum atomic E-state index is 12.2.